The highest BCUT2D eigenvalue weighted by Crippen LogP contribution is 2.41. The van der Waals surface area contributed by atoms with E-state index in [9.17, 15) is 13.2 Å². The van der Waals surface area contributed by atoms with Crippen LogP contribution in [-0.2, 0) is 10.0 Å². The predicted molar refractivity (Wildman–Crippen MR) is 142 cm³/mol. The number of carbonyl (C=O) groups excluding carboxylic acids is 1. The molecule has 0 bridgehead atoms. The molecule has 2 atom stereocenters. The van der Waals surface area contributed by atoms with Crippen LogP contribution < -0.4 is 29.6 Å². The van der Waals surface area contributed by atoms with Crippen LogP contribution in [0.25, 0.3) is 0 Å². The number of halogens is 1. The summed E-state index contributed by atoms with van der Waals surface area (Å²) >= 11 is 11.2. The van der Waals surface area contributed by atoms with E-state index in [2.05, 4.69) is 15.4 Å². The van der Waals surface area contributed by atoms with Gasteiger partial charge in [0.25, 0.3) is 15.9 Å². The molecule has 0 fully saturated rings. The van der Waals surface area contributed by atoms with Crippen LogP contribution in [0.1, 0.15) is 49.0 Å². The Labute approximate surface area is 221 Å². The first-order valence-corrected chi connectivity index (χ1v) is 13.8. The van der Waals surface area contributed by atoms with Gasteiger partial charge in [0.05, 0.1) is 25.9 Å². The topological polar surface area (TPSA) is 115 Å². The molecule has 0 aliphatic carbocycles. The van der Waals surface area contributed by atoms with Crippen LogP contribution in [0.15, 0.2) is 35.2 Å². The van der Waals surface area contributed by atoms with E-state index in [1.54, 1.807) is 25.1 Å². The van der Waals surface area contributed by atoms with Crippen molar-refractivity contribution in [3.8, 4) is 17.2 Å². The van der Waals surface area contributed by atoms with Crippen LogP contribution in [0.2, 0.25) is 5.02 Å². The first-order valence-electron chi connectivity index (χ1n) is 11.5. The van der Waals surface area contributed by atoms with Gasteiger partial charge >= 0.3 is 0 Å². The quantitative estimate of drug-likeness (QED) is 0.402. The molecular formula is C24H30ClN3O6S2. The van der Waals surface area contributed by atoms with Crippen molar-refractivity contribution in [1.29, 1.82) is 0 Å². The van der Waals surface area contributed by atoms with Gasteiger partial charge in [0.2, 0.25) is 0 Å². The van der Waals surface area contributed by atoms with Crippen molar-refractivity contribution in [2.45, 2.75) is 44.0 Å². The SMILES string of the molecule is CCNC(=S)NS(=O)(=O)c1cc2c(cc1OCC)OCCC2C(C)NC(=O)c1cc(Cl)ccc1OC. The summed E-state index contributed by atoms with van der Waals surface area (Å²) in [6, 6.07) is 7.55. The minimum absolute atomic E-state index is 0.0124. The number of rotatable bonds is 9. The molecule has 1 amide bonds. The van der Waals surface area contributed by atoms with Crippen molar-refractivity contribution < 1.29 is 27.4 Å². The highest BCUT2D eigenvalue weighted by Gasteiger charge is 2.32. The number of carbonyl (C=O) groups is 1. The molecule has 0 spiro atoms. The zero-order valence-electron chi connectivity index (χ0n) is 20.5. The largest absolute Gasteiger partial charge is 0.496 e. The number of sulfonamides is 1. The number of hydrogen-bond donors (Lipinski definition) is 3. The molecule has 2 aromatic rings. The zero-order chi connectivity index (χ0) is 26.5. The first-order chi connectivity index (χ1) is 17.1. The lowest BCUT2D eigenvalue weighted by molar-refractivity contribution is 0.0926. The third-order valence-electron chi connectivity index (χ3n) is 5.68. The van der Waals surface area contributed by atoms with Gasteiger partial charge in [0.1, 0.15) is 22.1 Å². The first kappa shape index (κ1) is 27.8. The Morgan fingerprint density at radius 2 is 2.00 bits per heavy atom. The van der Waals surface area contributed by atoms with Crippen molar-refractivity contribution in [3.05, 3.63) is 46.5 Å². The molecule has 0 aromatic heterocycles. The third kappa shape index (κ3) is 6.32. The highest BCUT2D eigenvalue weighted by atomic mass is 35.5. The Hall–Kier alpha value is -2.76. The van der Waals surface area contributed by atoms with Gasteiger partial charge in [-0.15, -0.1) is 0 Å². The smallest absolute Gasteiger partial charge is 0.267 e. The zero-order valence-corrected chi connectivity index (χ0v) is 22.9. The van der Waals surface area contributed by atoms with Crippen molar-refractivity contribution >= 4 is 44.9 Å². The number of thiocarbonyl (C=S) groups is 1. The Bertz CT molecular complexity index is 1240. The highest BCUT2D eigenvalue weighted by molar-refractivity contribution is 7.92. The number of amides is 1. The van der Waals surface area contributed by atoms with E-state index in [1.807, 2.05) is 13.8 Å². The summed E-state index contributed by atoms with van der Waals surface area (Å²) in [6.07, 6.45) is 0.567. The minimum atomic E-state index is -4.05. The lowest BCUT2D eigenvalue weighted by atomic mass is 9.87. The van der Waals surface area contributed by atoms with Crippen LogP contribution in [-0.4, -0.2) is 52.3 Å². The van der Waals surface area contributed by atoms with E-state index in [4.69, 9.17) is 38.0 Å². The molecular weight excluding hydrogens is 526 g/mol. The minimum Gasteiger partial charge on any atom is -0.496 e. The predicted octanol–water partition coefficient (Wildman–Crippen LogP) is 3.60. The summed E-state index contributed by atoms with van der Waals surface area (Å²) < 4.78 is 45.5. The van der Waals surface area contributed by atoms with Crippen molar-refractivity contribution in [2.75, 3.05) is 26.9 Å². The molecule has 1 aliphatic rings. The van der Waals surface area contributed by atoms with Gasteiger partial charge in [0.15, 0.2) is 5.11 Å². The third-order valence-corrected chi connectivity index (χ3v) is 7.67. The Morgan fingerprint density at radius 1 is 1.25 bits per heavy atom. The molecule has 0 saturated heterocycles. The molecule has 2 unspecified atom stereocenters. The summed E-state index contributed by atoms with van der Waals surface area (Å²) in [4.78, 5) is 13.0. The molecule has 2 aromatic carbocycles. The van der Waals surface area contributed by atoms with Gasteiger partial charge in [-0.2, -0.15) is 0 Å². The number of fused-ring (bicyclic) bond motifs is 1. The Kier molecular flexibility index (Phi) is 9.26. The van der Waals surface area contributed by atoms with Crippen LogP contribution in [0.5, 0.6) is 17.2 Å². The molecule has 1 heterocycles. The summed E-state index contributed by atoms with van der Waals surface area (Å²) in [7, 11) is -2.57. The maximum absolute atomic E-state index is 13.2. The van der Waals surface area contributed by atoms with Crippen molar-refractivity contribution in [2.24, 2.45) is 0 Å². The number of hydrogen-bond acceptors (Lipinski definition) is 7. The molecule has 12 heteroatoms. The van der Waals surface area contributed by atoms with E-state index in [-0.39, 0.29) is 40.2 Å². The average Bonchev–Trinajstić information content (AvgIpc) is 2.83. The molecule has 0 radical (unpaired) electrons. The summed E-state index contributed by atoms with van der Waals surface area (Å²) in [5, 5.41) is 6.16. The van der Waals surface area contributed by atoms with Crippen LogP contribution in [0.3, 0.4) is 0 Å². The van der Waals surface area contributed by atoms with Gasteiger partial charge < -0.3 is 24.8 Å². The number of benzene rings is 2. The molecule has 9 nitrogen and oxygen atoms in total. The molecule has 3 rings (SSSR count). The lowest BCUT2D eigenvalue weighted by Gasteiger charge is -2.32. The Balaban J connectivity index is 1.96. The number of methoxy groups -OCH3 is 1. The molecule has 1 aliphatic heterocycles. The molecule has 0 saturated carbocycles. The van der Waals surface area contributed by atoms with E-state index < -0.39 is 10.0 Å². The second-order valence-electron chi connectivity index (χ2n) is 8.09. The fourth-order valence-electron chi connectivity index (χ4n) is 4.04. The van der Waals surface area contributed by atoms with Gasteiger partial charge in [-0.25, -0.2) is 8.42 Å². The molecule has 196 valence electrons. The summed E-state index contributed by atoms with van der Waals surface area (Å²) in [5.41, 5.74) is 0.950. The normalized spacial score (nSPS) is 15.6. The van der Waals surface area contributed by atoms with E-state index in [0.29, 0.717) is 47.2 Å². The fraction of sp³-hybridized carbons (Fsp3) is 0.417. The van der Waals surface area contributed by atoms with Crippen LogP contribution in [0.4, 0.5) is 0 Å². The van der Waals surface area contributed by atoms with Gasteiger partial charge in [-0.3, -0.25) is 9.52 Å². The summed E-state index contributed by atoms with van der Waals surface area (Å²) in [6.45, 7) is 6.56. The van der Waals surface area contributed by atoms with E-state index in [0.717, 1.165) is 0 Å². The van der Waals surface area contributed by atoms with Crippen molar-refractivity contribution in [1.82, 2.24) is 15.4 Å². The maximum Gasteiger partial charge on any atom is 0.267 e. The monoisotopic (exact) mass is 555 g/mol. The second kappa shape index (κ2) is 12.0. The summed E-state index contributed by atoms with van der Waals surface area (Å²) in [5.74, 6) is 0.474. The lowest BCUT2D eigenvalue weighted by Crippen LogP contribution is -2.40. The van der Waals surface area contributed by atoms with E-state index >= 15 is 0 Å². The molecule has 36 heavy (non-hydrogen) atoms. The van der Waals surface area contributed by atoms with Crippen LogP contribution >= 0.6 is 23.8 Å². The Morgan fingerprint density at radius 3 is 2.67 bits per heavy atom. The fourth-order valence-corrected chi connectivity index (χ4v) is 5.77. The number of nitrogens with one attached hydrogen (secondary N) is 3. The maximum atomic E-state index is 13.2. The van der Waals surface area contributed by atoms with E-state index in [1.165, 1.54) is 19.2 Å². The average molecular weight is 556 g/mol. The van der Waals surface area contributed by atoms with Gasteiger partial charge in [-0.05, 0) is 63.7 Å². The van der Waals surface area contributed by atoms with Gasteiger partial charge in [-0.1, -0.05) is 11.6 Å². The second-order valence-corrected chi connectivity index (χ2v) is 10.6. The van der Waals surface area contributed by atoms with Crippen molar-refractivity contribution in [3.63, 3.8) is 0 Å². The molecule has 3 N–H and O–H groups in total. The van der Waals surface area contributed by atoms with Crippen LogP contribution in [0, 0.1) is 0 Å². The van der Waals surface area contributed by atoms with Gasteiger partial charge in [0, 0.05) is 35.2 Å². The standard InChI is InChI=1S/C24H30ClN3O6S2/c1-5-26-24(35)28-36(30,31)22-12-17-16(9-10-34-20(17)13-21(22)33-6-2)14(3)27-23(29)18-11-15(25)7-8-19(18)32-4/h7-8,11-14,16H,5-6,9-10H2,1-4H3,(H,27,29)(H2,26,28,35). The number of ether oxygens (including phenoxy) is 3.